The molecule has 0 fully saturated rings. The summed E-state index contributed by atoms with van der Waals surface area (Å²) < 4.78 is 0. The minimum absolute atomic E-state index is 0.0897. The van der Waals surface area contributed by atoms with E-state index in [-0.39, 0.29) is 5.91 Å². The Bertz CT molecular complexity index is 945. The van der Waals surface area contributed by atoms with Crippen molar-refractivity contribution in [2.75, 3.05) is 24.3 Å². The zero-order valence-electron chi connectivity index (χ0n) is 15.7. The summed E-state index contributed by atoms with van der Waals surface area (Å²) >= 11 is 0. The lowest BCUT2D eigenvalue weighted by atomic mass is 10.0. The average Bonchev–Trinajstić information content (AvgIpc) is 2.67. The monoisotopic (exact) mass is 358 g/mol. The van der Waals surface area contributed by atoms with Gasteiger partial charge in [-0.05, 0) is 48.0 Å². The van der Waals surface area contributed by atoms with Gasteiger partial charge in [0, 0.05) is 38.0 Å². The first-order chi connectivity index (χ1) is 13.0. The summed E-state index contributed by atoms with van der Waals surface area (Å²) in [5.74, 6) is -0.0897. The SMILES string of the molecule is CC(=O)Nc1ccccc1-c1ccc(N=Nc2ccc(N(C)C)cc2)cc1. The lowest BCUT2D eigenvalue weighted by Crippen LogP contribution is -2.07. The molecule has 0 aliphatic rings. The van der Waals surface area contributed by atoms with Crippen molar-refractivity contribution in [1.82, 2.24) is 0 Å². The van der Waals surface area contributed by atoms with E-state index in [1.54, 1.807) is 0 Å². The molecule has 5 heteroatoms. The van der Waals surface area contributed by atoms with Gasteiger partial charge in [-0.15, -0.1) is 0 Å². The van der Waals surface area contributed by atoms with Gasteiger partial charge in [-0.25, -0.2) is 0 Å². The van der Waals surface area contributed by atoms with E-state index in [1.807, 2.05) is 91.8 Å². The van der Waals surface area contributed by atoms with Gasteiger partial charge in [-0.2, -0.15) is 10.2 Å². The maximum Gasteiger partial charge on any atom is 0.221 e. The summed E-state index contributed by atoms with van der Waals surface area (Å²) in [6, 6.07) is 23.4. The van der Waals surface area contributed by atoms with Crippen molar-refractivity contribution in [3.8, 4) is 11.1 Å². The summed E-state index contributed by atoms with van der Waals surface area (Å²) in [7, 11) is 4.00. The number of hydrogen-bond acceptors (Lipinski definition) is 4. The molecule has 0 spiro atoms. The van der Waals surface area contributed by atoms with E-state index in [4.69, 9.17) is 0 Å². The molecular formula is C22H22N4O. The highest BCUT2D eigenvalue weighted by molar-refractivity contribution is 5.94. The van der Waals surface area contributed by atoms with Crippen LogP contribution >= 0.6 is 0 Å². The number of rotatable bonds is 5. The molecule has 5 nitrogen and oxygen atoms in total. The van der Waals surface area contributed by atoms with Crippen LogP contribution in [0.5, 0.6) is 0 Å². The predicted molar refractivity (Wildman–Crippen MR) is 111 cm³/mol. The zero-order chi connectivity index (χ0) is 19.2. The Kier molecular flexibility index (Phi) is 5.61. The van der Waals surface area contributed by atoms with Crippen LogP contribution in [0.15, 0.2) is 83.0 Å². The van der Waals surface area contributed by atoms with E-state index in [2.05, 4.69) is 15.5 Å². The molecule has 0 saturated heterocycles. The van der Waals surface area contributed by atoms with Gasteiger partial charge >= 0.3 is 0 Å². The van der Waals surface area contributed by atoms with Crippen molar-refractivity contribution in [3.63, 3.8) is 0 Å². The topological polar surface area (TPSA) is 57.1 Å². The van der Waals surface area contributed by atoms with E-state index < -0.39 is 0 Å². The molecule has 3 aromatic carbocycles. The maximum atomic E-state index is 11.4. The van der Waals surface area contributed by atoms with Gasteiger partial charge in [-0.3, -0.25) is 4.79 Å². The number of carbonyl (C=O) groups excluding carboxylic acids is 1. The molecule has 27 heavy (non-hydrogen) atoms. The van der Waals surface area contributed by atoms with Crippen molar-refractivity contribution in [2.45, 2.75) is 6.92 Å². The minimum Gasteiger partial charge on any atom is -0.378 e. The Morgan fingerprint density at radius 3 is 1.93 bits per heavy atom. The van der Waals surface area contributed by atoms with Crippen molar-refractivity contribution in [3.05, 3.63) is 72.8 Å². The number of amides is 1. The van der Waals surface area contributed by atoms with Gasteiger partial charge in [0.2, 0.25) is 5.91 Å². The number of hydrogen-bond donors (Lipinski definition) is 1. The molecule has 3 aromatic rings. The van der Waals surface area contributed by atoms with Gasteiger partial charge in [-0.1, -0.05) is 30.3 Å². The van der Waals surface area contributed by atoms with Crippen LogP contribution in [-0.2, 0) is 4.79 Å². The van der Waals surface area contributed by atoms with E-state index in [9.17, 15) is 4.79 Å². The number of carbonyl (C=O) groups is 1. The third kappa shape index (κ3) is 4.79. The van der Waals surface area contributed by atoms with Gasteiger partial charge in [0.25, 0.3) is 0 Å². The third-order valence-electron chi connectivity index (χ3n) is 4.06. The van der Waals surface area contributed by atoms with Gasteiger partial charge in [0.05, 0.1) is 11.4 Å². The van der Waals surface area contributed by atoms with Crippen LogP contribution in [0.2, 0.25) is 0 Å². The van der Waals surface area contributed by atoms with Crippen LogP contribution < -0.4 is 10.2 Å². The predicted octanol–water partition coefficient (Wildman–Crippen LogP) is 5.79. The summed E-state index contributed by atoms with van der Waals surface area (Å²) in [4.78, 5) is 13.4. The Balaban J connectivity index is 1.77. The Labute approximate surface area is 159 Å². The number of nitrogens with zero attached hydrogens (tertiary/aromatic N) is 3. The van der Waals surface area contributed by atoms with Gasteiger partial charge in [0.1, 0.15) is 0 Å². The van der Waals surface area contributed by atoms with Crippen LogP contribution in [0.25, 0.3) is 11.1 Å². The normalized spacial score (nSPS) is 10.8. The second-order valence-electron chi connectivity index (χ2n) is 6.38. The second-order valence-corrected chi connectivity index (χ2v) is 6.38. The molecule has 0 aliphatic heterocycles. The molecule has 0 heterocycles. The molecule has 0 unspecified atom stereocenters. The minimum atomic E-state index is -0.0897. The molecule has 1 N–H and O–H groups in total. The quantitative estimate of drug-likeness (QED) is 0.587. The highest BCUT2D eigenvalue weighted by atomic mass is 16.1. The summed E-state index contributed by atoms with van der Waals surface area (Å²) in [6.45, 7) is 1.51. The molecule has 0 aromatic heterocycles. The number of nitrogens with one attached hydrogen (secondary N) is 1. The van der Waals surface area contributed by atoms with Crippen molar-refractivity contribution >= 4 is 28.7 Å². The Morgan fingerprint density at radius 2 is 1.37 bits per heavy atom. The van der Waals surface area contributed by atoms with E-state index >= 15 is 0 Å². The lowest BCUT2D eigenvalue weighted by Gasteiger charge is -2.11. The molecule has 1 amide bonds. The second kappa shape index (κ2) is 8.27. The van der Waals surface area contributed by atoms with Crippen molar-refractivity contribution < 1.29 is 4.79 Å². The zero-order valence-corrected chi connectivity index (χ0v) is 15.7. The lowest BCUT2D eigenvalue weighted by molar-refractivity contribution is -0.114. The summed E-state index contributed by atoms with van der Waals surface area (Å²) in [5, 5.41) is 11.4. The first-order valence-electron chi connectivity index (χ1n) is 8.69. The van der Waals surface area contributed by atoms with Crippen molar-refractivity contribution in [2.24, 2.45) is 10.2 Å². The fraction of sp³-hybridized carbons (Fsp3) is 0.136. The smallest absolute Gasteiger partial charge is 0.221 e. The Hall–Kier alpha value is -3.47. The number of azo groups is 1. The molecular weight excluding hydrogens is 336 g/mol. The fourth-order valence-corrected chi connectivity index (χ4v) is 2.67. The van der Waals surface area contributed by atoms with Crippen molar-refractivity contribution in [1.29, 1.82) is 0 Å². The molecule has 0 radical (unpaired) electrons. The fourth-order valence-electron chi connectivity index (χ4n) is 2.67. The molecule has 0 bridgehead atoms. The van der Waals surface area contributed by atoms with E-state index in [0.717, 1.165) is 33.9 Å². The number of para-hydroxylation sites is 1. The van der Waals surface area contributed by atoms with Gasteiger partial charge in [0.15, 0.2) is 0 Å². The van der Waals surface area contributed by atoms with Crippen LogP contribution in [0.3, 0.4) is 0 Å². The standard InChI is InChI=1S/C22H22N4O/c1-16(27)23-22-7-5-4-6-21(22)17-8-10-18(11-9-17)24-25-19-12-14-20(15-13-19)26(2)3/h4-15H,1-3H3,(H,23,27). The molecule has 3 rings (SSSR count). The molecule has 0 atom stereocenters. The van der Waals surface area contributed by atoms with E-state index in [1.165, 1.54) is 6.92 Å². The first kappa shape index (κ1) is 18.3. The molecule has 136 valence electrons. The van der Waals surface area contributed by atoms with Crippen LogP contribution in [-0.4, -0.2) is 20.0 Å². The largest absolute Gasteiger partial charge is 0.378 e. The summed E-state index contributed by atoms with van der Waals surface area (Å²) in [5.41, 5.74) is 5.47. The Morgan fingerprint density at radius 1 is 0.815 bits per heavy atom. The van der Waals surface area contributed by atoms with Crippen LogP contribution in [0.1, 0.15) is 6.92 Å². The first-order valence-corrected chi connectivity index (χ1v) is 8.69. The molecule has 0 aliphatic carbocycles. The average molecular weight is 358 g/mol. The van der Waals surface area contributed by atoms with Gasteiger partial charge < -0.3 is 10.2 Å². The molecule has 0 saturated carbocycles. The highest BCUT2D eigenvalue weighted by Gasteiger charge is 2.05. The summed E-state index contributed by atoms with van der Waals surface area (Å²) in [6.07, 6.45) is 0. The highest BCUT2D eigenvalue weighted by Crippen LogP contribution is 2.30. The van der Waals surface area contributed by atoms with Crippen LogP contribution in [0.4, 0.5) is 22.7 Å². The maximum absolute atomic E-state index is 11.4. The van der Waals surface area contributed by atoms with Crippen LogP contribution in [0, 0.1) is 0 Å². The number of anilines is 2. The third-order valence-corrected chi connectivity index (χ3v) is 4.06. The number of benzene rings is 3. The van der Waals surface area contributed by atoms with E-state index in [0.29, 0.717) is 0 Å².